The highest BCUT2D eigenvalue weighted by molar-refractivity contribution is 9.10. The fourth-order valence-corrected chi connectivity index (χ4v) is 3.74. The smallest absolute Gasteiger partial charge is 0.242 e. The molecule has 120 valence electrons. The van der Waals surface area contributed by atoms with Crippen molar-refractivity contribution in [2.24, 2.45) is 5.92 Å². The zero-order chi connectivity index (χ0) is 16.3. The SMILES string of the molecule is Cc1cnc(CC(C)CN(C)S(=O)(=O)c2ccc(Br)cc2)o1. The van der Waals surface area contributed by atoms with Crippen LogP contribution in [0.15, 0.2) is 44.2 Å². The molecule has 0 N–H and O–H groups in total. The largest absolute Gasteiger partial charge is 0.446 e. The Morgan fingerprint density at radius 3 is 2.50 bits per heavy atom. The highest BCUT2D eigenvalue weighted by Gasteiger charge is 2.23. The number of nitrogens with zero attached hydrogens (tertiary/aromatic N) is 2. The molecule has 22 heavy (non-hydrogen) atoms. The number of rotatable bonds is 6. The molecule has 0 fully saturated rings. The van der Waals surface area contributed by atoms with Crippen LogP contribution in [0.25, 0.3) is 0 Å². The van der Waals surface area contributed by atoms with Crippen LogP contribution in [-0.4, -0.2) is 31.3 Å². The van der Waals surface area contributed by atoms with Gasteiger partial charge in [-0.25, -0.2) is 17.7 Å². The summed E-state index contributed by atoms with van der Waals surface area (Å²) in [6.07, 6.45) is 2.28. The van der Waals surface area contributed by atoms with Crippen molar-refractivity contribution in [2.45, 2.75) is 25.2 Å². The van der Waals surface area contributed by atoms with Crippen molar-refractivity contribution in [1.82, 2.24) is 9.29 Å². The van der Waals surface area contributed by atoms with Crippen LogP contribution >= 0.6 is 15.9 Å². The Balaban J connectivity index is 2.03. The molecule has 0 aliphatic carbocycles. The number of benzene rings is 1. The number of hydrogen-bond donors (Lipinski definition) is 0. The molecule has 1 aromatic heterocycles. The topological polar surface area (TPSA) is 63.4 Å². The van der Waals surface area contributed by atoms with Gasteiger partial charge >= 0.3 is 0 Å². The van der Waals surface area contributed by atoms with E-state index >= 15 is 0 Å². The van der Waals surface area contributed by atoms with Gasteiger partial charge in [0.15, 0.2) is 5.89 Å². The molecule has 1 heterocycles. The van der Waals surface area contributed by atoms with E-state index in [1.54, 1.807) is 37.5 Å². The quantitative estimate of drug-likeness (QED) is 0.764. The molecule has 0 aliphatic rings. The average molecular weight is 387 g/mol. The first-order chi connectivity index (χ1) is 10.3. The first-order valence-electron chi connectivity index (χ1n) is 6.92. The van der Waals surface area contributed by atoms with Gasteiger partial charge in [-0.3, -0.25) is 0 Å². The summed E-state index contributed by atoms with van der Waals surface area (Å²) in [6.45, 7) is 4.22. The van der Waals surface area contributed by atoms with E-state index in [2.05, 4.69) is 20.9 Å². The van der Waals surface area contributed by atoms with Gasteiger partial charge in [0.25, 0.3) is 0 Å². The Morgan fingerprint density at radius 2 is 1.95 bits per heavy atom. The van der Waals surface area contributed by atoms with Crippen LogP contribution in [0.1, 0.15) is 18.6 Å². The van der Waals surface area contributed by atoms with Crippen LogP contribution in [0.4, 0.5) is 0 Å². The fourth-order valence-electron chi connectivity index (χ4n) is 2.18. The number of halogens is 1. The van der Waals surface area contributed by atoms with Crippen LogP contribution in [0.2, 0.25) is 0 Å². The van der Waals surface area contributed by atoms with E-state index in [0.29, 0.717) is 18.9 Å². The van der Waals surface area contributed by atoms with E-state index in [4.69, 9.17) is 4.42 Å². The molecule has 0 aliphatic heterocycles. The first kappa shape index (κ1) is 17.2. The van der Waals surface area contributed by atoms with E-state index in [0.717, 1.165) is 10.2 Å². The maximum atomic E-state index is 12.5. The summed E-state index contributed by atoms with van der Waals surface area (Å²) in [5.74, 6) is 1.51. The first-order valence-corrected chi connectivity index (χ1v) is 9.15. The molecule has 2 rings (SSSR count). The van der Waals surface area contributed by atoms with E-state index in [1.165, 1.54) is 4.31 Å². The molecule has 1 atom stereocenters. The van der Waals surface area contributed by atoms with Crippen LogP contribution < -0.4 is 0 Å². The monoisotopic (exact) mass is 386 g/mol. The molecule has 5 nitrogen and oxygen atoms in total. The maximum absolute atomic E-state index is 12.5. The zero-order valence-electron chi connectivity index (χ0n) is 12.8. The summed E-state index contributed by atoms with van der Waals surface area (Å²) in [5, 5.41) is 0. The van der Waals surface area contributed by atoms with Crippen molar-refractivity contribution < 1.29 is 12.8 Å². The highest BCUT2D eigenvalue weighted by atomic mass is 79.9. The number of hydrogen-bond acceptors (Lipinski definition) is 4. The van der Waals surface area contributed by atoms with Crippen LogP contribution in [-0.2, 0) is 16.4 Å². The van der Waals surface area contributed by atoms with Crippen molar-refractivity contribution in [2.75, 3.05) is 13.6 Å². The van der Waals surface area contributed by atoms with Crippen molar-refractivity contribution in [3.05, 3.63) is 46.6 Å². The van der Waals surface area contributed by atoms with Crippen LogP contribution in [0.5, 0.6) is 0 Å². The third-order valence-corrected chi connectivity index (χ3v) is 5.65. The lowest BCUT2D eigenvalue weighted by Crippen LogP contribution is -2.31. The second kappa shape index (κ2) is 6.93. The molecule has 0 saturated heterocycles. The van der Waals surface area contributed by atoms with E-state index in [1.807, 2.05) is 13.8 Å². The van der Waals surface area contributed by atoms with Gasteiger partial charge in [0.05, 0.1) is 11.1 Å². The summed E-state index contributed by atoms with van der Waals surface area (Å²) in [6, 6.07) is 6.63. The molecule has 2 aromatic rings. The molecule has 0 radical (unpaired) electrons. The molecule has 0 bridgehead atoms. The maximum Gasteiger partial charge on any atom is 0.242 e. The molecule has 0 saturated carbocycles. The molecular weight excluding hydrogens is 368 g/mol. The molecule has 0 spiro atoms. The Labute approximate surface area is 139 Å². The Bertz CT molecular complexity index is 726. The second-order valence-corrected chi connectivity index (χ2v) is 8.37. The second-order valence-electron chi connectivity index (χ2n) is 5.41. The lowest BCUT2D eigenvalue weighted by molar-refractivity contribution is 0.367. The third kappa shape index (κ3) is 4.18. The zero-order valence-corrected chi connectivity index (χ0v) is 15.2. The number of aromatic nitrogens is 1. The van der Waals surface area contributed by atoms with E-state index < -0.39 is 10.0 Å². The lowest BCUT2D eigenvalue weighted by Gasteiger charge is -2.20. The summed E-state index contributed by atoms with van der Waals surface area (Å²) < 4.78 is 32.7. The Morgan fingerprint density at radius 1 is 1.32 bits per heavy atom. The molecule has 1 unspecified atom stereocenters. The molecular formula is C15H19BrN2O3S. The van der Waals surface area contributed by atoms with E-state index in [9.17, 15) is 8.42 Å². The van der Waals surface area contributed by atoms with Crippen molar-refractivity contribution in [1.29, 1.82) is 0 Å². The predicted molar refractivity (Wildman–Crippen MR) is 88.1 cm³/mol. The van der Waals surface area contributed by atoms with Gasteiger partial charge in [-0.1, -0.05) is 22.9 Å². The van der Waals surface area contributed by atoms with Gasteiger partial charge in [-0.05, 0) is 37.1 Å². The van der Waals surface area contributed by atoms with Crippen LogP contribution in [0, 0.1) is 12.8 Å². The lowest BCUT2D eigenvalue weighted by atomic mass is 10.1. The summed E-state index contributed by atoms with van der Waals surface area (Å²) in [4.78, 5) is 4.44. The number of oxazole rings is 1. The van der Waals surface area contributed by atoms with Gasteiger partial charge in [-0.15, -0.1) is 0 Å². The van der Waals surface area contributed by atoms with Crippen molar-refractivity contribution in [3.8, 4) is 0 Å². The molecule has 0 amide bonds. The average Bonchev–Trinajstić information content (AvgIpc) is 2.84. The van der Waals surface area contributed by atoms with Crippen LogP contribution in [0.3, 0.4) is 0 Å². The van der Waals surface area contributed by atoms with Gasteiger partial charge in [-0.2, -0.15) is 0 Å². The van der Waals surface area contributed by atoms with E-state index in [-0.39, 0.29) is 10.8 Å². The van der Waals surface area contributed by atoms with Gasteiger partial charge in [0.1, 0.15) is 5.76 Å². The molecule has 1 aromatic carbocycles. The number of aryl methyl sites for hydroxylation is 1. The minimum atomic E-state index is -3.48. The minimum absolute atomic E-state index is 0.105. The van der Waals surface area contributed by atoms with Gasteiger partial charge in [0.2, 0.25) is 10.0 Å². The summed E-state index contributed by atoms with van der Waals surface area (Å²) in [7, 11) is -1.88. The predicted octanol–water partition coefficient (Wildman–Crippen LogP) is 3.24. The Kier molecular flexibility index (Phi) is 5.41. The van der Waals surface area contributed by atoms with Gasteiger partial charge < -0.3 is 4.42 Å². The minimum Gasteiger partial charge on any atom is -0.446 e. The summed E-state index contributed by atoms with van der Waals surface area (Å²) >= 11 is 3.30. The molecule has 7 heteroatoms. The third-order valence-electron chi connectivity index (χ3n) is 3.28. The normalized spacial score (nSPS) is 13.5. The van der Waals surface area contributed by atoms with Gasteiger partial charge in [0, 0.05) is 24.5 Å². The fraction of sp³-hybridized carbons (Fsp3) is 0.400. The van der Waals surface area contributed by atoms with Crippen molar-refractivity contribution in [3.63, 3.8) is 0 Å². The van der Waals surface area contributed by atoms with Crippen molar-refractivity contribution >= 4 is 26.0 Å². The standard InChI is InChI=1S/C15H19BrN2O3S/c1-11(8-15-17-9-12(2)21-15)10-18(3)22(19,20)14-6-4-13(16)5-7-14/h4-7,9,11H,8,10H2,1-3H3. The summed E-state index contributed by atoms with van der Waals surface area (Å²) in [5.41, 5.74) is 0. The Hall–Kier alpha value is -1.18. The highest BCUT2D eigenvalue weighted by Crippen LogP contribution is 2.19. The number of sulfonamides is 1.